The zero-order valence-electron chi connectivity index (χ0n) is 8.80. The molecule has 0 radical (unpaired) electrons. The van der Waals surface area contributed by atoms with Crippen LogP contribution in [0.3, 0.4) is 0 Å². The van der Waals surface area contributed by atoms with Crippen molar-refractivity contribution in [1.82, 2.24) is 9.55 Å². The van der Waals surface area contributed by atoms with Gasteiger partial charge in [-0.2, -0.15) is 0 Å². The van der Waals surface area contributed by atoms with Gasteiger partial charge in [-0.1, -0.05) is 20.8 Å². The SMILES string of the molecule is CCCn1c(CC)nc(CC)c1N. The molecular formula is C10H19N3. The zero-order valence-corrected chi connectivity index (χ0v) is 8.80. The Morgan fingerprint density at radius 3 is 2.38 bits per heavy atom. The summed E-state index contributed by atoms with van der Waals surface area (Å²) in [6.45, 7) is 7.36. The number of nitrogens with zero attached hydrogens (tertiary/aromatic N) is 2. The third kappa shape index (κ3) is 1.85. The van der Waals surface area contributed by atoms with Crippen molar-refractivity contribution in [3.63, 3.8) is 0 Å². The maximum absolute atomic E-state index is 5.98. The van der Waals surface area contributed by atoms with Gasteiger partial charge in [0.1, 0.15) is 11.6 Å². The molecule has 0 fully saturated rings. The smallest absolute Gasteiger partial charge is 0.126 e. The summed E-state index contributed by atoms with van der Waals surface area (Å²) in [4.78, 5) is 4.50. The summed E-state index contributed by atoms with van der Waals surface area (Å²) in [6, 6.07) is 0. The summed E-state index contributed by atoms with van der Waals surface area (Å²) in [5.41, 5.74) is 7.02. The zero-order chi connectivity index (χ0) is 9.84. The highest BCUT2D eigenvalue weighted by Crippen LogP contribution is 2.16. The number of hydrogen-bond donors (Lipinski definition) is 1. The lowest BCUT2D eigenvalue weighted by Crippen LogP contribution is -2.06. The third-order valence-corrected chi connectivity index (χ3v) is 2.26. The topological polar surface area (TPSA) is 43.8 Å². The van der Waals surface area contributed by atoms with Crippen LogP contribution in [-0.2, 0) is 19.4 Å². The molecule has 1 rings (SSSR count). The molecule has 0 aromatic carbocycles. The normalized spacial score (nSPS) is 10.7. The molecule has 0 amide bonds. The van der Waals surface area contributed by atoms with Crippen LogP contribution in [0, 0.1) is 0 Å². The average molecular weight is 181 g/mol. The van der Waals surface area contributed by atoms with Gasteiger partial charge in [-0.3, -0.25) is 0 Å². The summed E-state index contributed by atoms with van der Waals surface area (Å²) in [6.07, 6.45) is 3.00. The molecule has 1 aromatic rings. The van der Waals surface area contributed by atoms with E-state index in [1.54, 1.807) is 0 Å². The van der Waals surface area contributed by atoms with E-state index in [2.05, 4.69) is 30.3 Å². The summed E-state index contributed by atoms with van der Waals surface area (Å²) in [5, 5.41) is 0. The van der Waals surface area contributed by atoms with E-state index in [1.165, 1.54) is 0 Å². The maximum Gasteiger partial charge on any atom is 0.126 e. The molecular weight excluding hydrogens is 162 g/mol. The van der Waals surface area contributed by atoms with E-state index in [1.807, 2.05) is 0 Å². The molecule has 1 heterocycles. The van der Waals surface area contributed by atoms with Gasteiger partial charge in [0.25, 0.3) is 0 Å². The Morgan fingerprint density at radius 2 is 1.92 bits per heavy atom. The van der Waals surface area contributed by atoms with Gasteiger partial charge in [0, 0.05) is 13.0 Å². The van der Waals surface area contributed by atoms with Crippen LogP contribution < -0.4 is 5.73 Å². The molecule has 1 aromatic heterocycles. The van der Waals surface area contributed by atoms with E-state index in [-0.39, 0.29) is 0 Å². The number of anilines is 1. The molecule has 0 atom stereocenters. The second-order valence-electron chi connectivity index (χ2n) is 3.22. The van der Waals surface area contributed by atoms with Gasteiger partial charge in [0.15, 0.2) is 0 Å². The van der Waals surface area contributed by atoms with E-state index in [4.69, 9.17) is 5.73 Å². The molecule has 0 aliphatic heterocycles. The first-order valence-electron chi connectivity index (χ1n) is 5.08. The highest BCUT2D eigenvalue weighted by Gasteiger charge is 2.10. The Balaban J connectivity index is 3.05. The lowest BCUT2D eigenvalue weighted by Gasteiger charge is -2.06. The average Bonchev–Trinajstić information content (AvgIpc) is 2.45. The van der Waals surface area contributed by atoms with E-state index < -0.39 is 0 Å². The Hall–Kier alpha value is -0.990. The van der Waals surface area contributed by atoms with Crippen LogP contribution in [0.25, 0.3) is 0 Å². The van der Waals surface area contributed by atoms with Crippen molar-refractivity contribution in [2.75, 3.05) is 5.73 Å². The summed E-state index contributed by atoms with van der Waals surface area (Å²) in [5.74, 6) is 1.98. The van der Waals surface area contributed by atoms with Crippen molar-refractivity contribution in [3.8, 4) is 0 Å². The van der Waals surface area contributed by atoms with Gasteiger partial charge in [0.2, 0.25) is 0 Å². The minimum atomic E-state index is 0.862. The van der Waals surface area contributed by atoms with Crippen LogP contribution in [-0.4, -0.2) is 9.55 Å². The maximum atomic E-state index is 5.98. The molecule has 0 spiro atoms. The highest BCUT2D eigenvalue weighted by molar-refractivity contribution is 5.38. The van der Waals surface area contributed by atoms with Gasteiger partial charge >= 0.3 is 0 Å². The van der Waals surface area contributed by atoms with Gasteiger partial charge in [-0.05, 0) is 12.8 Å². The van der Waals surface area contributed by atoms with E-state index in [0.29, 0.717) is 0 Å². The van der Waals surface area contributed by atoms with Crippen molar-refractivity contribution in [3.05, 3.63) is 11.5 Å². The minimum Gasteiger partial charge on any atom is -0.384 e. The lowest BCUT2D eigenvalue weighted by molar-refractivity contribution is 0.650. The number of aromatic nitrogens is 2. The Kier molecular flexibility index (Phi) is 3.34. The fourth-order valence-electron chi connectivity index (χ4n) is 1.57. The predicted molar refractivity (Wildman–Crippen MR) is 55.7 cm³/mol. The Labute approximate surface area is 80.0 Å². The second-order valence-corrected chi connectivity index (χ2v) is 3.22. The fraction of sp³-hybridized carbons (Fsp3) is 0.700. The Bertz CT molecular complexity index is 276. The molecule has 74 valence electrons. The molecule has 0 aliphatic rings. The molecule has 3 heteroatoms. The molecule has 0 aliphatic carbocycles. The van der Waals surface area contributed by atoms with Crippen LogP contribution >= 0.6 is 0 Å². The molecule has 3 nitrogen and oxygen atoms in total. The van der Waals surface area contributed by atoms with Crippen LogP contribution in [0.5, 0.6) is 0 Å². The predicted octanol–water partition coefficient (Wildman–Crippen LogP) is 2.00. The highest BCUT2D eigenvalue weighted by atomic mass is 15.1. The molecule has 0 bridgehead atoms. The number of rotatable bonds is 4. The molecule has 0 unspecified atom stereocenters. The number of imidazole rings is 1. The third-order valence-electron chi connectivity index (χ3n) is 2.26. The summed E-state index contributed by atoms with van der Waals surface area (Å²) < 4.78 is 2.14. The van der Waals surface area contributed by atoms with Crippen LogP contribution in [0.1, 0.15) is 38.7 Å². The van der Waals surface area contributed by atoms with Crippen molar-refractivity contribution < 1.29 is 0 Å². The molecule has 0 saturated carbocycles. The van der Waals surface area contributed by atoms with Crippen LogP contribution in [0.4, 0.5) is 5.82 Å². The van der Waals surface area contributed by atoms with E-state index in [9.17, 15) is 0 Å². The van der Waals surface area contributed by atoms with Gasteiger partial charge in [-0.15, -0.1) is 0 Å². The summed E-state index contributed by atoms with van der Waals surface area (Å²) in [7, 11) is 0. The van der Waals surface area contributed by atoms with Gasteiger partial charge in [-0.25, -0.2) is 4.98 Å². The molecule has 0 saturated heterocycles. The first-order valence-corrected chi connectivity index (χ1v) is 5.08. The van der Waals surface area contributed by atoms with Crippen molar-refractivity contribution in [2.24, 2.45) is 0 Å². The van der Waals surface area contributed by atoms with Crippen LogP contribution in [0.2, 0.25) is 0 Å². The van der Waals surface area contributed by atoms with Crippen molar-refractivity contribution in [2.45, 2.75) is 46.6 Å². The van der Waals surface area contributed by atoms with Gasteiger partial charge in [0.05, 0.1) is 5.69 Å². The summed E-state index contributed by atoms with van der Waals surface area (Å²) >= 11 is 0. The minimum absolute atomic E-state index is 0.862. The van der Waals surface area contributed by atoms with E-state index in [0.717, 1.165) is 43.1 Å². The fourth-order valence-corrected chi connectivity index (χ4v) is 1.57. The number of nitrogen functional groups attached to an aromatic ring is 1. The number of aryl methyl sites for hydroxylation is 2. The second kappa shape index (κ2) is 4.30. The standard InChI is InChI=1S/C10H19N3/c1-4-7-13-9(6-3)12-8(5-2)10(13)11/h4-7,11H2,1-3H3. The molecule has 13 heavy (non-hydrogen) atoms. The first kappa shape index (κ1) is 10.1. The lowest BCUT2D eigenvalue weighted by atomic mass is 10.3. The van der Waals surface area contributed by atoms with E-state index >= 15 is 0 Å². The van der Waals surface area contributed by atoms with Gasteiger partial charge < -0.3 is 10.3 Å². The number of hydrogen-bond acceptors (Lipinski definition) is 2. The number of nitrogens with two attached hydrogens (primary N) is 1. The van der Waals surface area contributed by atoms with Crippen molar-refractivity contribution in [1.29, 1.82) is 0 Å². The van der Waals surface area contributed by atoms with Crippen LogP contribution in [0.15, 0.2) is 0 Å². The monoisotopic (exact) mass is 181 g/mol. The molecule has 2 N–H and O–H groups in total. The quantitative estimate of drug-likeness (QED) is 0.772. The van der Waals surface area contributed by atoms with Crippen molar-refractivity contribution >= 4 is 5.82 Å². The Morgan fingerprint density at radius 1 is 1.23 bits per heavy atom. The first-order chi connectivity index (χ1) is 6.24. The largest absolute Gasteiger partial charge is 0.384 e.